The second kappa shape index (κ2) is 5.92. The number of rotatable bonds is 3. The summed E-state index contributed by atoms with van der Waals surface area (Å²) in [6, 6.07) is 14.9. The molecule has 106 valence electrons. The van der Waals surface area contributed by atoms with Gasteiger partial charge in [-0.15, -0.1) is 0 Å². The molecular weight excluding hydrogens is 331 g/mol. The van der Waals surface area contributed by atoms with Crippen molar-refractivity contribution in [1.82, 2.24) is 10.3 Å². The molecule has 4 heteroatoms. The van der Waals surface area contributed by atoms with Crippen LogP contribution in [0.15, 0.2) is 59.2 Å². The number of aromatic nitrogens is 1. The molecule has 1 aromatic heterocycles. The summed E-state index contributed by atoms with van der Waals surface area (Å²) < 4.78 is 14.0. The van der Waals surface area contributed by atoms with Crippen LogP contribution in [0.5, 0.6) is 0 Å². The number of halogens is 2. The Hall–Kier alpha value is -1.78. The standard InChI is InChI=1S/C17H14BrFN2/c1-20-17(14-6-5-13(19)10-15(14)18)12-4-7-16-11(9-12)3-2-8-21-16/h2-10,17,20H,1H3. The van der Waals surface area contributed by atoms with Gasteiger partial charge < -0.3 is 5.32 Å². The molecule has 3 rings (SSSR count). The van der Waals surface area contributed by atoms with Crippen molar-refractivity contribution in [1.29, 1.82) is 0 Å². The van der Waals surface area contributed by atoms with Crippen molar-refractivity contribution in [3.63, 3.8) is 0 Å². The second-order valence-corrected chi connectivity index (χ2v) is 5.70. The first-order valence-electron chi connectivity index (χ1n) is 6.66. The van der Waals surface area contributed by atoms with Gasteiger partial charge >= 0.3 is 0 Å². The summed E-state index contributed by atoms with van der Waals surface area (Å²) in [6.45, 7) is 0. The van der Waals surface area contributed by atoms with Gasteiger partial charge in [0.2, 0.25) is 0 Å². The fourth-order valence-corrected chi connectivity index (χ4v) is 3.09. The number of nitrogens with zero attached hydrogens (tertiary/aromatic N) is 1. The summed E-state index contributed by atoms with van der Waals surface area (Å²) >= 11 is 3.44. The predicted octanol–water partition coefficient (Wildman–Crippen LogP) is 4.45. The molecule has 2 aromatic carbocycles. The van der Waals surface area contributed by atoms with E-state index in [1.54, 1.807) is 12.3 Å². The van der Waals surface area contributed by atoms with Crippen LogP contribution in [0.4, 0.5) is 4.39 Å². The Morgan fingerprint density at radius 1 is 1.14 bits per heavy atom. The first-order valence-corrected chi connectivity index (χ1v) is 7.45. The summed E-state index contributed by atoms with van der Waals surface area (Å²) in [7, 11) is 1.90. The monoisotopic (exact) mass is 344 g/mol. The Kier molecular flexibility index (Phi) is 3.99. The minimum Gasteiger partial charge on any atom is -0.309 e. The average Bonchev–Trinajstić information content (AvgIpc) is 2.50. The molecule has 1 unspecified atom stereocenters. The lowest BCUT2D eigenvalue weighted by Crippen LogP contribution is -2.18. The van der Waals surface area contributed by atoms with Gasteiger partial charge in [0.1, 0.15) is 5.82 Å². The molecule has 3 aromatic rings. The third-order valence-electron chi connectivity index (χ3n) is 3.52. The van der Waals surface area contributed by atoms with Crippen molar-refractivity contribution < 1.29 is 4.39 Å². The van der Waals surface area contributed by atoms with E-state index in [9.17, 15) is 4.39 Å². The van der Waals surface area contributed by atoms with Crippen LogP contribution in [0, 0.1) is 5.82 Å². The number of nitrogens with one attached hydrogen (secondary N) is 1. The van der Waals surface area contributed by atoms with Crippen LogP contribution in [0.25, 0.3) is 10.9 Å². The van der Waals surface area contributed by atoms with E-state index < -0.39 is 0 Å². The maximum Gasteiger partial charge on any atom is 0.124 e. The van der Waals surface area contributed by atoms with Crippen molar-refractivity contribution in [3.05, 3.63) is 76.1 Å². The van der Waals surface area contributed by atoms with E-state index in [1.807, 2.05) is 31.3 Å². The molecule has 2 nitrogen and oxygen atoms in total. The van der Waals surface area contributed by atoms with Crippen LogP contribution in [0.2, 0.25) is 0 Å². The van der Waals surface area contributed by atoms with E-state index in [-0.39, 0.29) is 11.9 Å². The maximum absolute atomic E-state index is 13.3. The van der Waals surface area contributed by atoms with Gasteiger partial charge in [-0.25, -0.2) is 4.39 Å². The molecule has 1 atom stereocenters. The fourth-order valence-electron chi connectivity index (χ4n) is 2.51. The van der Waals surface area contributed by atoms with E-state index in [1.165, 1.54) is 12.1 Å². The number of hydrogen-bond donors (Lipinski definition) is 1. The lowest BCUT2D eigenvalue weighted by Gasteiger charge is -2.19. The molecule has 0 saturated heterocycles. The Balaban J connectivity index is 2.09. The number of benzene rings is 2. The summed E-state index contributed by atoms with van der Waals surface area (Å²) in [5, 5.41) is 4.38. The van der Waals surface area contributed by atoms with Crippen molar-refractivity contribution in [2.45, 2.75) is 6.04 Å². The molecule has 0 bridgehead atoms. The van der Waals surface area contributed by atoms with Gasteiger partial charge in [-0.2, -0.15) is 0 Å². The molecule has 0 aliphatic rings. The normalized spacial score (nSPS) is 12.5. The van der Waals surface area contributed by atoms with Crippen molar-refractivity contribution in [2.24, 2.45) is 0 Å². The molecule has 0 fully saturated rings. The fraction of sp³-hybridized carbons (Fsp3) is 0.118. The van der Waals surface area contributed by atoms with E-state index >= 15 is 0 Å². The number of hydrogen-bond acceptors (Lipinski definition) is 2. The minimum absolute atomic E-state index is 0.00965. The topological polar surface area (TPSA) is 24.9 Å². The zero-order valence-corrected chi connectivity index (χ0v) is 13.1. The Morgan fingerprint density at radius 3 is 2.76 bits per heavy atom. The SMILES string of the molecule is CNC(c1ccc2ncccc2c1)c1ccc(F)cc1Br. The zero-order chi connectivity index (χ0) is 14.8. The molecule has 0 saturated carbocycles. The summed E-state index contributed by atoms with van der Waals surface area (Å²) in [5.41, 5.74) is 3.08. The van der Waals surface area contributed by atoms with Crippen molar-refractivity contribution >= 4 is 26.8 Å². The Labute approximate surface area is 131 Å². The van der Waals surface area contributed by atoms with Gasteiger partial charge in [-0.1, -0.05) is 34.1 Å². The van der Waals surface area contributed by atoms with Crippen LogP contribution >= 0.6 is 15.9 Å². The number of fused-ring (bicyclic) bond motifs is 1. The highest BCUT2D eigenvalue weighted by molar-refractivity contribution is 9.10. The number of pyridine rings is 1. The van der Waals surface area contributed by atoms with Crippen LogP contribution in [0.3, 0.4) is 0 Å². The van der Waals surface area contributed by atoms with Crippen LogP contribution in [-0.4, -0.2) is 12.0 Å². The van der Waals surface area contributed by atoms with E-state index in [0.29, 0.717) is 0 Å². The van der Waals surface area contributed by atoms with Gasteiger partial charge in [0, 0.05) is 16.1 Å². The lowest BCUT2D eigenvalue weighted by atomic mass is 9.97. The molecule has 0 spiro atoms. The molecule has 0 aliphatic heterocycles. The first kappa shape index (κ1) is 14.2. The Bertz CT molecular complexity index is 789. The summed E-state index contributed by atoms with van der Waals surface area (Å²) in [4.78, 5) is 4.33. The molecule has 0 radical (unpaired) electrons. The van der Waals surface area contributed by atoms with Crippen molar-refractivity contribution in [2.75, 3.05) is 7.05 Å². The van der Waals surface area contributed by atoms with Gasteiger partial charge in [0.05, 0.1) is 11.6 Å². The molecule has 0 amide bonds. The highest BCUT2D eigenvalue weighted by Gasteiger charge is 2.15. The molecule has 1 N–H and O–H groups in total. The van der Waals surface area contributed by atoms with Crippen LogP contribution in [0.1, 0.15) is 17.2 Å². The summed E-state index contributed by atoms with van der Waals surface area (Å²) in [5.74, 6) is -0.247. The second-order valence-electron chi connectivity index (χ2n) is 4.84. The Morgan fingerprint density at radius 2 is 2.00 bits per heavy atom. The van der Waals surface area contributed by atoms with Gasteiger partial charge in [0.25, 0.3) is 0 Å². The van der Waals surface area contributed by atoms with Gasteiger partial charge in [-0.05, 0) is 48.5 Å². The highest BCUT2D eigenvalue weighted by Crippen LogP contribution is 2.30. The first-order chi connectivity index (χ1) is 10.2. The smallest absolute Gasteiger partial charge is 0.124 e. The predicted molar refractivity (Wildman–Crippen MR) is 86.7 cm³/mol. The van der Waals surface area contributed by atoms with Gasteiger partial charge in [-0.3, -0.25) is 4.98 Å². The third-order valence-corrected chi connectivity index (χ3v) is 4.21. The molecular formula is C17H14BrFN2. The van der Waals surface area contributed by atoms with E-state index in [4.69, 9.17) is 0 Å². The molecule has 0 aliphatic carbocycles. The van der Waals surface area contributed by atoms with Gasteiger partial charge in [0.15, 0.2) is 0 Å². The van der Waals surface area contributed by atoms with E-state index in [2.05, 4.69) is 32.3 Å². The average molecular weight is 345 g/mol. The van der Waals surface area contributed by atoms with Crippen LogP contribution < -0.4 is 5.32 Å². The summed E-state index contributed by atoms with van der Waals surface area (Å²) in [6.07, 6.45) is 1.79. The largest absolute Gasteiger partial charge is 0.309 e. The third kappa shape index (κ3) is 2.82. The molecule has 1 heterocycles. The maximum atomic E-state index is 13.3. The van der Waals surface area contributed by atoms with Crippen LogP contribution in [-0.2, 0) is 0 Å². The highest BCUT2D eigenvalue weighted by atomic mass is 79.9. The molecule has 21 heavy (non-hydrogen) atoms. The minimum atomic E-state index is -0.247. The zero-order valence-electron chi connectivity index (χ0n) is 11.5. The lowest BCUT2D eigenvalue weighted by molar-refractivity contribution is 0.622. The quantitative estimate of drug-likeness (QED) is 0.759. The van der Waals surface area contributed by atoms with E-state index in [0.717, 1.165) is 26.5 Å². The van der Waals surface area contributed by atoms with Crippen molar-refractivity contribution in [3.8, 4) is 0 Å².